The van der Waals surface area contributed by atoms with Crippen LogP contribution in [0.25, 0.3) is 0 Å². The Bertz CT molecular complexity index is 422. The second-order valence-electron chi connectivity index (χ2n) is 5.13. The van der Waals surface area contributed by atoms with Crippen molar-refractivity contribution in [2.45, 2.75) is 51.7 Å². The van der Waals surface area contributed by atoms with Crippen molar-refractivity contribution in [3.05, 3.63) is 18.2 Å². The summed E-state index contributed by atoms with van der Waals surface area (Å²) in [4.78, 5) is 0. The van der Waals surface area contributed by atoms with Crippen molar-refractivity contribution < 1.29 is 14.6 Å². The second-order valence-corrected chi connectivity index (χ2v) is 5.13. The first-order chi connectivity index (χ1) is 9.74. The molecule has 2 N–H and O–H groups in total. The number of hydrogen-bond donors (Lipinski definition) is 2. The molecule has 2 atom stereocenters. The molecule has 0 aliphatic heterocycles. The monoisotopic (exact) mass is 279 g/mol. The minimum Gasteiger partial charge on any atom is -0.490 e. The molecule has 1 aromatic rings. The lowest BCUT2D eigenvalue weighted by Crippen LogP contribution is -2.36. The largest absolute Gasteiger partial charge is 0.490 e. The average Bonchev–Trinajstić information content (AvgIpc) is 2.45. The number of ether oxygens (including phenoxy) is 2. The van der Waals surface area contributed by atoms with Gasteiger partial charge in [0.2, 0.25) is 0 Å². The van der Waals surface area contributed by atoms with Crippen LogP contribution in [-0.4, -0.2) is 30.5 Å². The third kappa shape index (κ3) is 3.79. The zero-order valence-corrected chi connectivity index (χ0v) is 12.4. The maximum absolute atomic E-state index is 10.0. The first-order valence-corrected chi connectivity index (χ1v) is 7.58. The Labute approximate surface area is 121 Å². The summed E-state index contributed by atoms with van der Waals surface area (Å²) >= 11 is 0. The van der Waals surface area contributed by atoms with Crippen molar-refractivity contribution in [3.63, 3.8) is 0 Å². The van der Waals surface area contributed by atoms with Crippen LogP contribution in [0, 0.1) is 0 Å². The second kappa shape index (κ2) is 7.39. The number of benzene rings is 1. The molecule has 112 valence electrons. The van der Waals surface area contributed by atoms with E-state index >= 15 is 0 Å². The van der Waals surface area contributed by atoms with E-state index in [0.29, 0.717) is 13.2 Å². The van der Waals surface area contributed by atoms with Crippen LogP contribution >= 0.6 is 0 Å². The van der Waals surface area contributed by atoms with Gasteiger partial charge in [-0.1, -0.05) is 12.8 Å². The lowest BCUT2D eigenvalue weighted by Gasteiger charge is -2.29. The number of aliphatic hydroxyl groups excluding tert-OH is 1. The summed E-state index contributed by atoms with van der Waals surface area (Å²) in [6.07, 6.45) is 3.92. The first-order valence-electron chi connectivity index (χ1n) is 7.58. The maximum atomic E-state index is 10.0. The van der Waals surface area contributed by atoms with Gasteiger partial charge in [0.15, 0.2) is 11.5 Å². The summed E-state index contributed by atoms with van der Waals surface area (Å²) in [6.45, 7) is 5.14. The summed E-state index contributed by atoms with van der Waals surface area (Å²) in [6, 6.07) is 5.99. The summed E-state index contributed by atoms with van der Waals surface area (Å²) in [5.41, 5.74) is 0.975. The van der Waals surface area contributed by atoms with Crippen molar-refractivity contribution in [2.24, 2.45) is 0 Å². The van der Waals surface area contributed by atoms with Gasteiger partial charge in [-0.15, -0.1) is 0 Å². The normalized spacial score (nSPS) is 22.4. The van der Waals surface area contributed by atoms with Crippen molar-refractivity contribution in [2.75, 3.05) is 18.5 Å². The molecule has 20 heavy (non-hydrogen) atoms. The lowest BCUT2D eigenvalue weighted by atomic mass is 9.92. The first kappa shape index (κ1) is 15.0. The number of rotatable bonds is 6. The highest BCUT2D eigenvalue weighted by molar-refractivity contribution is 5.55. The molecule has 0 heterocycles. The lowest BCUT2D eigenvalue weighted by molar-refractivity contribution is 0.116. The third-order valence-electron chi connectivity index (χ3n) is 3.62. The molecule has 0 bridgehead atoms. The van der Waals surface area contributed by atoms with Crippen LogP contribution in [0.5, 0.6) is 11.5 Å². The fourth-order valence-electron chi connectivity index (χ4n) is 2.63. The van der Waals surface area contributed by atoms with Crippen LogP contribution in [0.4, 0.5) is 5.69 Å². The summed E-state index contributed by atoms with van der Waals surface area (Å²) < 4.78 is 11.2. The minimum atomic E-state index is -0.258. The van der Waals surface area contributed by atoms with Gasteiger partial charge >= 0.3 is 0 Å². The van der Waals surface area contributed by atoms with E-state index in [1.807, 2.05) is 32.0 Å². The highest BCUT2D eigenvalue weighted by atomic mass is 16.5. The Morgan fingerprint density at radius 2 is 1.80 bits per heavy atom. The van der Waals surface area contributed by atoms with Gasteiger partial charge < -0.3 is 19.9 Å². The van der Waals surface area contributed by atoms with Crippen LogP contribution in [-0.2, 0) is 0 Å². The van der Waals surface area contributed by atoms with Gasteiger partial charge in [-0.05, 0) is 38.8 Å². The van der Waals surface area contributed by atoms with E-state index in [-0.39, 0.29) is 12.1 Å². The van der Waals surface area contributed by atoms with E-state index in [0.717, 1.165) is 36.4 Å². The quantitative estimate of drug-likeness (QED) is 0.839. The number of anilines is 1. The molecule has 0 aromatic heterocycles. The van der Waals surface area contributed by atoms with Crippen LogP contribution in [0.1, 0.15) is 39.5 Å². The number of hydrogen-bond acceptors (Lipinski definition) is 4. The fourth-order valence-corrected chi connectivity index (χ4v) is 2.63. The zero-order chi connectivity index (χ0) is 14.4. The molecule has 0 spiro atoms. The molecule has 0 saturated heterocycles. The summed E-state index contributed by atoms with van der Waals surface area (Å²) in [5.74, 6) is 1.52. The van der Waals surface area contributed by atoms with Gasteiger partial charge in [-0.2, -0.15) is 0 Å². The Morgan fingerprint density at radius 1 is 1.10 bits per heavy atom. The van der Waals surface area contributed by atoms with Crippen LogP contribution < -0.4 is 14.8 Å². The molecule has 1 aliphatic carbocycles. The molecular formula is C16H25NO3. The van der Waals surface area contributed by atoms with Gasteiger partial charge in [0, 0.05) is 11.8 Å². The van der Waals surface area contributed by atoms with Crippen molar-refractivity contribution in [1.29, 1.82) is 0 Å². The molecule has 1 fully saturated rings. The predicted molar refractivity (Wildman–Crippen MR) is 80.7 cm³/mol. The predicted octanol–water partition coefficient (Wildman–Crippen LogP) is 3.20. The Balaban J connectivity index is 2.09. The van der Waals surface area contributed by atoms with Gasteiger partial charge in [-0.25, -0.2) is 0 Å². The van der Waals surface area contributed by atoms with E-state index in [2.05, 4.69) is 5.32 Å². The molecule has 1 saturated carbocycles. The SMILES string of the molecule is CCOc1ccc(N[C@H]2CCCC[C@@H]2O)cc1OCC. The average molecular weight is 279 g/mol. The Morgan fingerprint density at radius 3 is 2.50 bits per heavy atom. The zero-order valence-electron chi connectivity index (χ0n) is 12.4. The molecule has 2 rings (SSSR count). The smallest absolute Gasteiger partial charge is 0.163 e. The molecule has 4 heteroatoms. The molecule has 0 amide bonds. The summed E-state index contributed by atoms with van der Waals surface area (Å²) in [5, 5.41) is 13.4. The summed E-state index contributed by atoms with van der Waals surface area (Å²) in [7, 11) is 0. The van der Waals surface area contributed by atoms with Crippen LogP contribution in [0.3, 0.4) is 0 Å². The molecule has 0 unspecified atom stereocenters. The van der Waals surface area contributed by atoms with Crippen molar-refractivity contribution in [3.8, 4) is 11.5 Å². The van der Waals surface area contributed by atoms with Gasteiger partial charge in [0.1, 0.15) is 0 Å². The maximum Gasteiger partial charge on any atom is 0.163 e. The standard InChI is InChI=1S/C16H25NO3/c1-3-19-15-10-9-12(11-16(15)20-4-2)17-13-7-5-6-8-14(13)18/h9-11,13-14,17-18H,3-8H2,1-2H3/t13-,14-/m0/s1. The molecular weight excluding hydrogens is 254 g/mol. The topological polar surface area (TPSA) is 50.7 Å². The van der Waals surface area contributed by atoms with Gasteiger partial charge in [0.05, 0.1) is 25.4 Å². The van der Waals surface area contributed by atoms with E-state index in [9.17, 15) is 5.11 Å². The molecule has 0 radical (unpaired) electrons. The van der Waals surface area contributed by atoms with Crippen molar-refractivity contribution in [1.82, 2.24) is 0 Å². The van der Waals surface area contributed by atoms with Gasteiger partial charge in [0.25, 0.3) is 0 Å². The number of aliphatic hydroxyl groups is 1. The number of nitrogens with one attached hydrogen (secondary N) is 1. The Hall–Kier alpha value is -1.42. The fraction of sp³-hybridized carbons (Fsp3) is 0.625. The highest BCUT2D eigenvalue weighted by Gasteiger charge is 2.22. The molecule has 4 nitrogen and oxygen atoms in total. The van der Waals surface area contributed by atoms with E-state index in [4.69, 9.17) is 9.47 Å². The van der Waals surface area contributed by atoms with E-state index in [1.54, 1.807) is 0 Å². The van der Waals surface area contributed by atoms with Crippen molar-refractivity contribution >= 4 is 5.69 Å². The van der Waals surface area contributed by atoms with Crippen LogP contribution in [0.2, 0.25) is 0 Å². The third-order valence-corrected chi connectivity index (χ3v) is 3.62. The van der Waals surface area contributed by atoms with E-state index in [1.165, 1.54) is 6.42 Å². The molecule has 1 aliphatic rings. The molecule has 1 aromatic carbocycles. The Kier molecular flexibility index (Phi) is 5.53. The van der Waals surface area contributed by atoms with E-state index < -0.39 is 0 Å². The minimum absolute atomic E-state index is 0.135. The highest BCUT2D eigenvalue weighted by Crippen LogP contribution is 2.32. The van der Waals surface area contributed by atoms with Gasteiger partial charge in [-0.3, -0.25) is 0 Å². The van der Waals surface area contributed by atoms with Crippen LogP contribution in [0.15, 0.2) is 18.2 Å².